The van der Waals surface area contributed by atoms with Crippen LogP contribution in [0.5, 0.6) is 0 Å². The minimum Gasteiger partial charge on any atom is -0.126 e. The van der Waals surface area contributed by atoms with Crippen molar-refractivity contribution in [1.82, 2.24) is 0 Å². The maximum atomic E-state index is 6.28. The Kier molecular flexibility index (Phi) is 26.0. The van der Waals surface area contributed by atoms with Crippen molar-refractivity contribution in [2.75, 3.05) is 0 Å². The van der Waals surface area contributed by atoms with Gasteiger partial charge in [0.05, 0.1) is 0 Å². The average molecular weight is 528 g/mol. The van der Waals surface area contributed by atoms with Gasteiger partial charge in [0, 0.05) is 0 Å². The first-order valence-electron chi connectivity index (χ1n) is 14.6. The summed E-state index contributed by atoms with van der Waals surface area (Å²) in [4.78, 5) is 0. The lowest BCUT2D eigenvalue weighted by Gasteiger charge is -2.20. The minimum absolute atomic E-state index is 0.645. The van der Waals surface area contributed by atoms with Gasteiger partial charge >= 0.3 is 6.00 Å². The average Bonchev–Trinajstić information content (AvgIpc) is 2.74. The molecule has 0 unspecified atom stereocenters. The molecule has 32 heavy (non-hydrogen) atoms. The Morgan fingerprint density at radius 2 is 0.656 bits per heavy atom. The highest BCUT2D eigenvalue weighted by Crippen LogP contribution is 2.34. The first-order chi connectivity index (χ1) is 15.5. The van der Waals surface area contributed by atoms with Crippen LogP contribution in [0.25, 0.3) is 0 Å². The van der Waals surface area contributed by atoms with Gasteiger partial charge < -0.3 is 0 Å². The molecule has 0 N–H and O–H groups in total. The van der Waals surface area contributed by atoms with Crippen molar-refractivity contribution in [3.05, 3.63) is 0 Å². The Morgan fingerprint density at radius 1 is 0.406 bits per heavy atom. The zero-order valence-corrected chi connectivity index (χ0v) is 25.2. The molecule has 0 aliphatic rings. The van der Waals surface area contributed by atoms with E-state index in [2.05, 4.69) is 13.8 Å². The van der Waals surface area contributed by atoms with Gasteiger partial charge in [-0.3, -0.25) is 0 Å². The van der Waals surface area contributed by atoms with Crippen molar-refractivity contribution in [2.45, 2.75) is 174 Å². The van der Waals surface area contributed by atoms with E-state index in [1.807, 2.05) is 0 Å². The molecule has 0 spiro atoms. The molecular weight excluding hydrogens is 471 g/mol. The van der Waals surface area contributed by atoms with Gasteiger partial charge in [0.25, 0.3) is 0 Å². The summed E-state index contributed by atoms with van der Waals surface area (Å²) < 4.78 is 0. The van der Waals surface area contributed by atoms with Gasteiger partial charge in [-0.05, 0) is 12.0 Å². The van der Waals surface area contributed by atoms with Crippen LogP contribution >= 0.6 is 33.2 Å². The van der Waals surface area contributed by atoms with Crippen LogP contribution in [0.2, 0.25) is 6.04 Å². The third-order valence-corrected chi connectivity index (χ3v) is 9.38. The van der Waals surface area contributed by atoms with Gasteiger partial charge in [-0.25, -0.2) is 0 Å². The molecule has 0 nitrogen and oxygen atoms in total. The van der Waals surface area contributed by atoms with Crippen molar-refractivity contribution in [1.29, 1.82) is 0 Å². The fraction of sp³-hybridized carbons (Fsp3) is 1.00. The van der Waals surface area contributed by atoms with Gasteiger partial charge in [0.15, 0.2) is 0 Å². The molecular formula is C28H57Cl3Si. The summed E-state index contributed by atoms with van der Waals surface area (Å²) in [5.74, 6) is 0.645. The van der Waals surface area contributed by atoms with Crippen LogP contribution in [0.3, 0.4) is 0 Å². The highest BCUT2D eigenvalue weighted by Gasteiger charge is 2.29. The van der Waals surface area contributed by atoms with Gasteiger partial charge in [0.2, 0.25) is 0 Å². The van der Waals surface area contributed by atoms with Crippen LogP contribution in [0.15, 0.2) is 0 Å². The van der Waals surface area contributed by atoms with E-state index in [0.29, 0.717) is 5.92 Å². The maximum absolute atomic E-state index is 6.28. The third kappa shape index (κ3) is 27.3. The lowest BCUT2D eigenvalue weighted by molar-refractivity contribution is 0.428. The molecule has 1 atom stereocenters. The highest BCUT2D eigenvalue weighted by molar-refractivity contribution is 7.64. The largest absolute Gasteiger partial charge is 0.341 e. The summed E-state index contributed by atoms with van der Waals surface area (Å²) in [6, 6.07) is -1.64. The smallest absolute Gasteiger partial charge is 0.126 e. The number of hydrogen-bond acceptors (Lipinski definition) is 0. The molecule has 0 aliphatic heterocycles. The van der Waals surface area contributed by atoms with Crippen LogP contribution in [-0.4, -0.2) is 6.00 Å². The van der Waals surface area contributed by atoms with E-state index in [0.717, 1.165) is 6.04 Å². The molecule has 0 aromatic rings. The second-order valence-corrected chi connectivity index (χ2v) is 19.5. The maximum Gasteiger partial charge on any atom is 0.341 e. The lowest BCUT2D eigenvalue weighted by atomic mass is 9.95. The standard InChI is InChI=1S/C28H57Cl3Si/c1-3-5-7-9-11-13-15-16-18-20-22-24-26-28(27-32(29,30)31)25-23-21-19-17-14-12-10-8-6-4-2/h28H,3-27H2,1-2H3/t28-/m1/s1. The summed E-state index contributed by atoms with van der Waals surface area (Å²) in [5.41, 5.74) is 0. The highest BCUT2D eigenvalue weighted by atomic mass is 35.8. The Labute approximate surface area is 218 Å². The van der Waals surface area contributed by atoms with E-state index in [-0.39, 0.29) is 0 Å². The van der Waals surface area contributed by atoms with Crippen molar-refractivity contribution in [2.24, 2.45) is 5.92 Å². The topological polar surface area (TPSA) is 0 Å². The van der Waals surface area contributed by atoms with Gasteiger partial charge in [-0.15, -0.1) is 33.2 Å². The predicted octanol–water partition coefficient (Wildman–Crippen LogP) is 12.7. The molecule has 0 fully saturated rings. The molecule has 0 aliphatic carbocycles. The molecule has 0 aromatic heterocycles. The molecule has 0 amide bonds. The summed E-state index contributed by atoms with van der Waals surface area (Å²) in [6.45, 7) is 4.58. The lowest BCUT2D eigenvalue weighted by Crippen LogP contribution is -2.16. The van der Waals surface area contributed by atoms with Crippen LogP contribution < -0.4 is 0 Å². The predicted molar refractivity (Wildman–Crippen MR) is 154 cm³/mol. The number of unbranched alkanes of at least 4 members (excludes halogenated alkanes) is 20. The van der Waals surface area contributed by atoms with Crippen molar-refractivity contribution < 1.29 is 0 Å². The van der Waals surface area contributed by atoms with Crippen LogP contribution in [0, 0.1) is 5.92 Å². The number of rotatable bonds is 26. The zero-order valence-electron chi connectivity index (χ0n) is 21.9. The van der Waals surface area contributed by atoms with E-state index in [9.17, 15) is 0 Å². The molecule has 0 bridgehead atoms. The van der Waals surface area contributed by atoms with Crippen molar-refractivity contribution in [3.63, 3.8) is 0 Å². The third-order valence-electron chi connectivity index (χ3n) is 6.95. The van der Waals surface area contributed by atoms with Crippen molar-refractivity contribution in [3.8, 4) is 0 Å². The normalized spacial score (nSPS) is 13.0. The van der Waals surface area contributed by atoms with Gasteiger partial charge in [-0.1, -0.05) is 168 Å². The number of hydrogen-bond donors (Lipinski definition) is 0. The molecule has 0 heterocycles. The quantitative estimate of drug-likeness (QED) is 0.0595. The van der Waals surface area contributed by atoms with Gasteiger partial charge in [-0.2, -0.15) is 0 Å². The summed E-state index contributed by atoms with van der Waals surface area (Å²) >= 11 is 18.8. The monoisotopic (exact) mass is 526 g/mol. The summed E-state index contributed by atoms with van der Waals surface area (Å²) in [7, 11) is 0. The summed E-state index contributed by atoms with van der Waals surface area (Å²) in [5, 5.41) is 0. The Hall–Kier alpha value is 1.09. The first kappa shape index (κ1) is 33.1. The SMILES string of the molecule is CCCCCCCCCCCCCC[C@@H](CCCCCCCCCCCC)C[Si](Cl)(Cl)Cl. The second-order valence-electron chi connectivity index (χ2n) is 10.3. The first-order valence-corrected chi connectivity index (χ1v) is 19.8. The van der Waals surface area contributed by atoms with Gasteiger partial charge in [0.1, 0.15) is 0 Å². The minimum atomic E-state index is -2.50. The summed E-state index contributed by atoms with van der Waals surface area (Å²) in [6.07, 6.45) is 33.4. The molecule has 194 valence electrons. The molecule has 0 rings (SSSR count). The van der Waals surface area contributed by atoms with Crippen molar-refractivity contribution >= 4 is 39.2 Å². The van der Waals surface area contributed by atoms with E-state index >= 15 is 0 Å². The molecule has 0 saturated heterocycles. The molecule has 0 radical (unpaired) electrons. The van der Waals surface area contributed by atoms with E-state index < -0.39 is 6.00 Å². The van der Waals surface area contributed by atoms with E-state index in [4.69, 9.17) is 33.2 Å². The fourth-order valence-electron chi connectivity index (χ4n) is 4.87. The molecule has 0 aromatic carbocycles. The second kappa shape index (κ2) is 25.2. The Bertz CT molecular complexity index is 357. The zero-order chi connectivity index (χ0) is 23.8. The van der Waals surface area contributed by atoms with Crippen LogP contribution in [0.4, 0.5) is 0 Å². The van der Waals surface area contributed by atoms with E-state index in [1.54, 1.807) is 0 Å². The Morgan fingerprint density at radius 3 is 0.906 bits per heavy atom. The van der Waals surface area contributed by atoms with Crippen LogP contribution in [-0.2, 0) is 0 Å². The Balaban J connectivity index is 3.66. The van der Waals surface area contributed by atoms with E-state index in [1.165, 1.54) is 154 Å². The molecule has 0 saturated carbocycles. The van der Waals surface area contributed by atoms with Crippen LogP contribution in [0.1, 0.15) is 168 Å². The number of halogens is 3. The molecule has 4 heteroatoms. The fourth-order valence-corrected chi connectivity index (χ4v) is 7.90.